The normalized spacial score (nSPS) is 19.9. The fourth-order valence-corrected chi connectivity index (χ4v) is 5.34. The molecule has 3 unspecified atom stereocenters. The van der Waals surface area contributed by atoms with Gasteiger partial charge in [-0.05, 0) is 55.7 Å². The average molecular weight is 532 g/mol. The second kappa shape index (κ2) is 11.3. The zero-order valence-electron chi connectivity index (χ0n) is 20.0. The van der Waals surface area contributed by atoms with Gasteiger partial charge in [-0.1, -0.05) is 24.3 Å². The second-order valence-electron chi connectivity index (χ2n) is 9.40. The Labute approximate surface area is 222 Å². The van der Waals surface area contributed by atoms with Crippen molar-refractivity contribution < 1.29 is 14.3 Å². The van der Waals surface area contributed by atoms with Gasteiger partial charge in [-0.15, -0.1) is 24.8 Å². The van der Waals surface area contributed by atoms with Crippen LogP contribution in [0.15, 0.2) is 42.5 Å². The lowest BCUT2D eigenvalue weighted by atomic mass is 9.98. The average Bonchev–Trinajstić information content (AvgIpc) is 3.53. The van der Waals surface area contributed by atoms with Crippen LogP contribution in [0.2, 0.25) is 0 Å². The zero-order chi connectivity index (χ0) is 23.8. The van der Waals surface area contributed by atoms with Gasteiger partial charge in [0.25, 0.3) is 5.91 Å². The van der Waals surface area contributed by atoms with Crippen LogP contribution in [-0.4, -0.2) is 39.9 Å². The van der Waals surface area contributed by atoms with E-state index >= 15 is 0 Å². The van der Waals surface area contributed by atoms with Crippen LogP contribution < -0.4 is 11.1 Å². The highest BCUT2D eigenvalue weighted by atomic mass is 35.5. The number of hydrogen-bond donors (Lipinski definition) is 3. The molecule has 5 rings (SSSR count). The maximum Gasteiger partial charge on any atom is 0.307 e. The molecule has 10 heteroatoms. The summed E-state index contributed by atoms with van der Waals surface area (Å²) in [6, 6.07) is 12.7. The smallest absolute Gasteiger partial charge is 0.307 e. The number of benzene rings is 2. The van der Waals surface area contributed by atoms with Crippen molar-refractivity contribution in [3.05, 3.63) is 53.6 Å². The van der Waals surface area contributed by atoms with E-state index in [2.05, 4.69) is 5.32 Å². The Morgan fingerprint density at radius 2 is 1.83 bits per heavy atom. The fourth-order valence-electron chi connectivity index (χ4n) is 5.34. The molecule has 8 nitrogen and oxygen atoms in total. The van der Waals surface area contributed by atoms with Crippen LogP contribution >= 0.6 is 24.8 Å². The minimum atomic E-state index is -0.243. The number of halogens is 2. The lowest BCUT2D eigenvalue weighted by Crippen LogP contribution is -2.29. The number of nitrogen functional groups attached to an aromatic ring is 1. The van der Waals surface area contributed by atoms with Crippen LogP contribution in [0.5, 0.6) is 0 Å². The third-order valence-electron chi connectivity index (χ3n) is 7.17. The van der Waals surface area contributed by atoms with Gasteiger partial charge in [0.15, 0.2) is 0 Å². The van der Waals surface area contributed by atoms with Crippen molar-refractivity contribution >= 4 is 53.6 Å². The van der Waals surface area contributed by atoms with Gasteiger partial charge in [-0.3, -0.25) is 15.0 Å². The predicted molar refractivity (Wildman–Crippen MR) is 144 cm³/mol. The van der Waals surface area contributed by atoms with Crippen LogP contribution in [0, 0.1) is 17.2 Å². The zero-order valence-corrected chi connectivity index (χ0v) is 21.7. The number of amides is 1. The van der Waals surface area contributed by atoms with Gasteiger partial charge in [0.2, 0.25) is 0 Å². The number of aryl methyl sites for hydroxylation is 1. The number of nitrogens with one attached hydrogen (secondary N) is 2. The number of amidine groups is 1. The Hall–Kier alpha value is -3.10. The first kappa shape index (κ1) is 27.5. The van der Waals surface area contributed by atoms with E-state index in [0.29, 0.717) is 22.6 Å². The predicted octanol–water partition coefficient (Wildman–Crippen LogP) is 4.22. The largest absolute Gasteiger partial charge is 0.462 e. The number of aromatic nitrogens is 2. The van der Waals surface area contributed by atoms with Gasteiger partial charge in [0, 0.05) is 30.3 Å². The number of fused-ring (bicyclic) bond motifs is 3. The van der Waals surface area contributed by atoms with Crippen LogP contribution in [0.3, 0.4) is 0 Å². The van der Waals surface area contributed by atoms with Crippen molar-refractivity contribution in [3.8, 4) is 11.4 Å². The molecular weight excluding hydrogens is 501 g/mol. The Balaban J connectivity index is 0.00000180. The number of ether oxygens (including phenoxy) is 1. The summed E-state index contributed by atoms with van der Waals surface area (Å²) in [5.74, 6) is 1.55. The summed E-state index contributed by atoms with van der Waals surface area (Å²) in [4.78, 5) is 29.6. The number of hydrogen-bond acceptors (Lipinski definition) is 5. The van der Waals surface area contributed by atoms with E-state index in [-0.39, 0.29) is 61.6 Å². The molecule has 2 bridgehead atoms. The van der Waals surface area contributed by atoms with Crippen LogP contribution in [0.1, 0.15) is 48.0 Å². The topological polar surface area (TPSA) is 123 Å². The standard InChI is InChI=1S/C26H29N5O3.2ClH/c1-31-21-9-8-19(14-20(21)30-25(31)17-6-4-16(5-7-17)24(27)28)26(33)29-11-10-23(32)34-22-13-15-2-3-18(22)12-15;;/h4-9,14-15,18,22H,2-3,10-13H2,1H3,(H3,27,28)(H,29,33);2*1H. The third kappa shape index (κ3) is 5.50. The second-order valence-corrected chi connectivity index (χ2v) is 9.40. The van der Waals surface area contributed by atoms with Crippen LogP contribution in [0.25, 0.3) is 22.4 Å². The lowest BCUT2D eigenvalue weighted by Gasteiger charge is -2.21. The molecule has 0 radical (unpaired) electrons. The van der Waals surface area contributed by atoms with Gasteiger partial charge in [-0.25, -0.2) is 4.98 Å². The number of carbonyl (C=O) groups excluding carboxylic acids is 2. The summed E-state index contributed by atoms with van der Waals surface area (Å²) in [5, 5.41) is 10.4. The molecule has 2 aliphatic rings. The molecule has 2 fully saturated rings. The number of esters is 1. The van der Waals surface area contributed by atoms with Crippen molar-refractivity contribution in [1.29, 1.82) is 5.41 Å². The molecule has 0 spiro atoms. The Bertz CT molecular complexity index is 1270. The quantitative estimate of drug-likeness (QED) is 0.239. The molecule has 3 atom stereocenters. The van der Waals surface area contributed by atoms with E-state index < -0.39 is 0 Å². The van der Waals surface area contributed by atoms with E-state index in [1.165, 1.54) is 19.3 Å². The molecule has 36 heavy (non-hydrogen) atoms. The summed E-state index contributed by atoms with van der Waals surface area (Å²) < 4.78 is 7.61. The summed E-state index contributed by atoms with van der Waals surface area (Å²) >= 11 is 0. The van der Waals surface area contributed by atoms with Gasteiger partial charge in [0.05, 0.1) is 17.5 Å². The fraction of sp³-hybridized carbons (Fsp3) is 0.385. The summed E-state index contributed by atoms with van der Waals surface area (Å²) in [6.07, 6.45) is 4.86. The highest BCUT2D eigenvalue weighted by molar-refractivity contribution is 5.98. The number of carbonyl (C=O) groups is 2. The lowest BCUT2D eigenvalue weighted by molar-refractivity contribution is -0.151. The number of rotatable bonds is 7. The van der Waals surface area contributed by atoms with E-state index in [1.807, 2.05) is 29.8 Å². The summed E-state index contributed by atoms with van der Waals surface area (Å²) in [7, 11) is 1.92. The Kier molecular flexibility index (Phi) is 8.63. The van der Waals surface area contributed by atoms with Crippen molar-refractivity contribution in [3.63, 3.8) is 0 Å². The molecule has 1 amide bonds. The molecule has 1 heterocycles. The number of nitrogens with zero attached hydrogens (tertiary/aromatic N) is 2. The van der Waals surface area contributed by atoms with E-state index in [1.54, 1.807) is 24.3 Å². The third-order valence-corrected chi connectivity index (χ3v) is 7.17. The van der Waals surface area contributed by atoms with Gasteiger partial charge >= 0.3 is 5.97 Å². The molecule has 3 aromatic rings. The highest BCUT2D eigenvalue weighted by Crippen LogP contribution is 2.45. The van der Waals surface area contributed by atoms with E-state index in [4.69, 9.17) is 20.9 Å². The molecular formula is C26H31Cl2N5O3. The minimum Gasteiger partial charge on any atom is -0.462 e. The maximum atomic E-state index is 12.7. The SMILES string of the molecule is Cl.Cl.Cn1c(-c2ccc(C(=N)N)cc2)nc2cc(C(=O)NCCC(=O)OC3CC4CCC3C4)ccc21. The molecule has 1 aromatic heterocycles. The van der Waals surface area contributed by atoms with E-state index in [9.17, 15) is 9.59 Å². The number of nitrogens with two attached hydrogens (primary N) is 1. The highest BCUT2D eigenvalue weighted by Gasteiger charge is 2.41. The molecule has 2 aromatic carbocycles. The number of imidazole rings is 1. The van der Waals surface area contributed by atoms with Crippen molar-refractivity contribution in [2.24, 2.45) is 24.6 Å². The van der Waals surface area contributed by atoms with Crippen molar-refractivity contribution in [2.75, 3.05) is 6.54 Å². The summed E-state index contributed by atoms with van der Waals surface area (Å²) in [5.41, 5.74) is 9.18. The molecule has 192 valence electrons. The minimum absolute atomic E-state index is 0. The molecule has 0 saturated heterocycles. The molecule has 0 aliphatic heterocycles. The van der Waals surface area contributed by atoms with Crippen LogP contribution in [-0.2, 0) is 16.6 Å². The monoisotopic (exact) mass is 531 g/mol. The Morgan fingerprint density at radius 3 is 2.47 bits per heavy atom. The first-order valence-electron chi connectivity index (χ1n) is 11.8. The van der Waals surface area contributed by atoms with Gasteiger partial charge in [0.1, 0.15) is 17.8 Å². The van der Waals surface area contributed by atoms with Crippen molar-refractivity contribution in [2.45, 2.75) is 38.2 Å². The van der Waals surface area contributed by atoms with Crippen molar-refractivity contribution in [1.82, 2.24) is 14.9 Å². The molecule has 2 aliphatic carbocycles. The molecule has 2 saturated carbocycles. The molecule has 4 N–H and O–H groups in total. The van der Waals surface area contributed by atoms with E-state index in [0.717, 1.165) is 29.2 Å². The van der Waals surface area contributed by atoms with Crippen LogP contribution in [0.4, 0.5) is 0 Å². The Morgan fingerprint density at radius 1 is 1.11 bits per heavy atom. The van der Waals surface area contributed by atoms with Gasteiger partial charge in [-0.2, -0.15) is 0 Å². The summed E-state index contributed by atoms with van der Waals surface area (Å²) in [6.45, 7) is 0.243. The first-order chi connectivity index (χ1) is 16.4. The first-order valence-corrected chi connectivity index (χ1v) is 11.8. The maximum absolute atomic E-state index is 12.7. The van der Waals surface area contributed by atoms with Gasteiger partial charge < -0.3 is 20.4 Å².